The van der Waals surface area contributed by atoms with Gasteiger partial charge in [0.15, 0.2) is 0 Å². The van der Waals surface area contributed by atoms with Gasteiger partial charge in [-0.25, -0.2) is 4.68 Å². The molecule has 8 heteroatoms. The molecule has 0 amide bonds. The lowest BCUT2D eigenvalue weighted by molar-refractivity contribution is 0.244. The molecule has 0 spiro atoms. The lowest BCUT2D eigenvalue weighted by Gasteiger charge is -2.17. The first-order valence-electron chi connectivity index (χ1n) is 7.89. The van der Waals surface area contributed by atoms with E-state index in [0.717, 1.165) is 17.0 Å². The Kier molecular flexibility index (Phi) is 5.98. The van der Waals surface area contributed by atoms with Crippen molar-refractivity contribution in [3.63, 3.8) is 0 Å². The summed E-state index contributed by atoms with van der Waals surface area (Å²) >= 11 is 17.6. The SMILES string of the molecule is COc1cccc(-n2cnn(CN(C)Cc3ccc(Cl)c(Cl)c3)c2=S)c1. The molecule has 0 fully saturated rings. The first kappa shape index (κ1) is 18.9. The van der Waals surface area contributed by atoms with Crippen molar-refractivity contribution in [1.82, 2.24) is 19.2 Å². The highest BCUT2D eigenvalue weighted by molar-refractivity contribution is 7.71. The fourth-order valence-corrected chi connectivity index (χ4v) is 3.18. The highest BCUT2D eigenvalue weighted by atomic mass is 35.5. The van der Waals surface area contributed by atoms with Crippen LogP contribution < -0.4 is 4.74 Å². The number of hydrogen-bond acceptors (Lipinski definition) is 4. The maximum Gasteiger partial charge on any atom is 0.203 e. The van der Waals surface area contributed by atoms with Crippen LogP contribution in [0.25, 0.3) is 5.69 Å². The van der Waals surface area contributed by atoms with Crippen molar-refractivity contribution in [2.75, 3.05) is 14.2 Å². The maximum atomic E-state index is 6.08. The average Bonchev–Trinajstić information content (AvgIpc) is 2.98. The van der Waals surface area contributed by atoms with E-state index >= 15 is 0 Å². The summed E-state index contributed by atoms with van der Waals surface area (Å²) in [5, 5.41) is 5.51. The van der Waals surface area contributed by atoms with E-state index in [9.17, 15) is 0 Å². The third kappa shape index (κ3) is 4.27. The molecule has 0 bridgehead atoms. The quantitative estimate of drug-likeness (QED) is 0.548. The Bertz CT molecular complexity index is 970. The summed E-state index contributed by atoms with van der Waals surface area (Å²) in [6, 6.07) is 13.3. The third-order valence-corrected chi connectivity index (χ3v) is 5.02. The van der Waals surface area contributed by atoms with Crippen LogP contribution in [-0.4, -0.2) is 33.4 Å². The summed E-state index contributed by atoms with van der Waals surface area (Å²) in [6.45, 7) is 1.25. The van der Waals surface area contributed by atoms with E-state index < -0.39 is 0 Å². The standard InChI is InChI=1S/C18H18Cl2N4OS/c1-22(10-13-6-7-16(19)17(20)8-13)12-24-18(26)23(11-21-24)14-4-3-5-15(9-14)25-2/h3-9,11H,10,12H2,1-2H3. The Morgan fingerprint density at radius 2 is 1.96 bits per heavy atom. The number of nitrogens with zero attached hydrogens (tertiary/aromatic N) is 4. The van der Waals surface area contributed by atoms with Crippen LogP contribution in [0.5, 0.6) is 5.75 Å². The van der Waals surface area contributed by atoms with Gasteiger partial charge >= 0.3 is 0 Å². The van der Waals surface area contributed by atoms with E-state index in [1.54, 1.807) is 24.2 Å². The predicted octanol–water partition coefficient (Wildman–Crippen LogP) is 4.81. The van der Waals surface area contributed by atoms with Gasteiger partial charge in [0.1, 0.15) is 12.1 Å². The second kappa shape index (κ2) is 8.22. The molecule has 1 heterocycles. The molecule has 1 aromatic heterocycles. The number of rotatable bonds is 6. The zero-order valence-corrected chi connectivity index (χ0v) is 16.7. The minimum Gasteiger partial charge on any atom is -0.497 e. The van der Waals surface area contributed by atoms with Crippen molar-refractivity contribution < 1.29 is 4.74 Å². The molecule has 0 N–H and O–H groups in total. The number of methoxy groups -OCH3 is 1. The van der Waals surface area contributed by atoms with Crippen LogP contribution >= 0.6 is 35.4 Å². The smallest absolute Gasteiger partial charge is 0.203 e. The molecule has 0 aliphatic heterocycles. The fourth-order valence-electron chi connectivity index (χ4n) is 2.60. The Hall–Kier alpha value is -1.86. The minimum absolute atomic E-state index is 0.552. The monoisotopic (exact) mass is 408 g/mol. The fraction of sp³-hybridized carbons (Fsp3) is 0.222. The van der Waals surface area contributed by atoms with Gasteiger partial charge in [-0.2, -0.15) is 5.10 Å². The van der Waals surface area contributed by atoms with E-state index in [1.807, 2.05) is 48.0 Å². The summed E-state index contributed by atoms with van der Waals surface area (Å²) in [5.74, 6) is 0.772. The number of hydrogen-bond donors (Lipinski definition) is 0. The largest absolute Gasteiger partial charge is 0.497 e. The molecule has 2 aromatic carbocycles. The molecule has 3 aromatic rings. The van der Waals surface area contributed by atoms with Gasteiger partial charge in [-0.15, -0.1) is 0 Å². The molecule has 5 nitrogen and oxygen atoms in total. The average molecular weight is 409 g/mol. The maximum absolute atomic E-state index is 6.08. The van der Waals surface area contributed by atoms with Crippen molar-refractivity contribution >= 4 is 35.4 Å². The molecule has 3 rings (SSSR count). The molecule has 0 atom stereocenters. The molecule has 0 saturated carbocycles. The summed E-state index contributed by atoms with van der Waals surface area (Å²) in [4.78, 5) is 2.10. The highest BCUT2D eigenvalue weighted by Gasteiger charge is 2.08. The van der Waals surface area contributed by atoms with Crippen molar-refractivity contribution in [3.05, 3.63) is 69.2 Å². The number of halogens is 2. The Morgan fingerprint density at radius 1 is 1.15 bits per heavy atom. The minimum atomic E-state index is 0.552. The van der Waals surface area contributed by atoms with Crippen molar-refractivity contribution in [1.29, 1.82) is 0 Å². The van der Waals surface area contributed by atoms with Gasteiger partial charge < -0.3 is 4.74 Å². The number of aromatic nitrogens is 3. The Morgan fingerprint density at radius 3 is 2.69 bits per heavy atom. The Balaban J connectivity index is 1.75. The van der Waals surface area contributed by atoms with Crippen LogP contribution in [0.1, 0.15) is 5.56 Å². The van der Waals surface area contributed by atoms with E-state index in [1.165, 1.54) is 0 Å². The van der Waals surface area contributed by atoms with Crippen LogP contribution in [0.3, 0.4) is 0 Å². The molecule has 0 saturated heterocycles. The molecule has 0 radical (unpaired) electrons. The van der Waals surface area contributed by atoms with Gasteiger partial charge in [0, 0.05) is 12.6 Å². The van der Waals surface area contributed by atoms with Crippen molar-refractivity contribution in [2.24, 2.45) is 0 Å². The van der Waals surface area contributed by atoms with E-state index in [4.69, 9.17) is 40.2 Å². The van der Waals surface area contributed by atoms with E-state index in [2.05, 4.69) is 10.00 Å². The van der Waals surface area contributed by atoms with Crippen LogP contribution in [0.2, 0.25) is 10.0 Å². The molecular formula is C18H18Cl2N4OS. The normalized spacial score (nSPS) is 11.1. The summed E-state index contributed by atoms with van der Waals surface area (Å²) in [7, 11) is 3.63. The molecular weight excluding hydrogens is 391 g/mol. The second-order valence-electron chi connectivity index (χ2n) is 5.89. The summed E-state index contributed by atoms with van der Waals surface area (Å²) < 4.78 is 9.50. The van der Waals surface area contributed by atoms with Crippen LogP contribution in [0.15, 0.2) is 48.8 Å². The Labute approximate surface area is 167 Å². The molecule has 0 aliphatic carbocycles. The van der Waals surface area contributed by atoms with Crippen LogP contribution in [-0.2, 0) is 13.2 Å². The second-order valence-corrected chi connectivity index (χ2v) is 7.07. The van der Waals surface area contributed by atoms with E-state index in [-0.39, 0.29) is 0 Å². The first-order chi connectivity index (χ1) is 12.5. The van der Waals surface area contributed by atoms with Gasteiger partial charge in [-0.1, -0.05) is 35.3 Å². The van der Waals surface area contributed by atoms with E-state index in [0.29, 0.717) is 28.0 Å². The van der Waals surface area contributed by atoms with Gasteiger partial charge in [-0.05, 0) is 49.1 Å². The van der Waals surface area contributed by atoms with Crippen molar-refractivity contribution in [3.8, 4) is 11.4 Å². The van der Waals surface area contributed by atoms with Crippen LogP contribution in [0, 0.1) is 4.77 Å². The lowest BCUT2D eigenvalue weighted by atomic mass is 10.2. The van der Waals surface area contributed by atoms with Gasteiger partial charge in [-0.3, -0.25) is 9.47 Å². The first-order valence-corrected chi connectivity index (χ1v) is 9.05. The number of ether oxygens (including phenoxy) is 1. The predicted molar refractivity (Wildman–Crippen MR) is 107 cm³/mol. The van der Waals surface area contributed by atoms with Crippen LogP contribution in [0.4, 0.5) is 0 Å². The van der Waals surface area contributed by atoms with Gasteiger partial charge in [0.2, 0.25) is 4.77 Å². The molecule has 26 heavy (non-hydrogen) atoms. The summed E-state index contributed by atoms with van der Waals surface area (Å²) in [5.41, 5.74) is 1.98. The van der Waals surface area contributed by atoms with Crippen molar-refractivity contribution in [2.45, 2.75) is 13.2 Å². The third-order valence-electron chi connectivity index (χ3n) is 3.88. The zero-order chi connectivity index (χ0) is 18.7. The molecule has 136 valence electrons. The lowest BCUT2D eigenvalue weighted by Crippen LogP contribution is -2.22. The highest BCUT2D eigenvalue weighted by Crippen LogP contribution is 2.23. The molecule has 0 unspecified atom stereocenters. The zero-order valence-electron chi connectivity index (χ0n) is 14.4. The molecule has 0 aliphatic rings. The van der Waals surface area contributed by atoms with Gasteiger partial charge in [0.25, 0.3) is 0 Å². The van der Waals surface area contributed by atoms with Gasteiger partial charge in [0.05, 0.1) is 29.5 Å². The summed E-state index contributed by atoms with van der Waals surface area (Å²) in [6.07, 6.45) is 1.71. The number of benzene rings is 2. The topological polar surface area (TPSA) is 35.2 Å².